The molecule has 6 nitrogen and oxygen atoms in total. The number of fused-ring (bicyclic) bond motifs is 1. The topological polar surface area (TPSA) is 74.8 Å². The van der Waals surface area contributed by atoms with E-state index in [9.17, 15) is 18.0 Å². The van der Waals surface area contributed by atoms with Gasteiger partial charge in [-0.15, -0.1) is 0 Å². The number of hydrogen-bond donors (Lipinski definition) is 0. The van der Waals surface area contributed by atoms with Crippen molar-refractivity contribution in [3.05, 3.63) is 29.8 Å². The van der Waals surface area contributed by atoms with E-state index >= 15 is 0 Å². The van der Waals surface area contributed by atoms with Gasteiger partial charge in [0.15, 0.2) is 0 Å². The van der Waals surface area contributed by atoms with Gasteiger partial charge < -0.3 is 4.90 Å². The lowest BCUT2D eigenvalue weighted by molar-refractivity contribution is -0.137. The zero-order valence-corrected chi connectivity index (χ0v) is 14.8. The number of nitrogens with zero attached hydrogens (tertiary/aromatic N) is 2. The minimum absolute atomic E-state index is 0.0215. The summed E-state index contributed by atoms with van der Waals surface area (Å²) in [5.41, 5.74) is 0.185. The molecule has 24 heavy (non-hydrogen) atoms. The van der Waals surface area contributed by atoms with Gasteiger partial charge in [0, 0.05) is 25.0 Å². The van der Waals surface area contributed by atoms with Crippen molar-refractivity contribution in [2.75, 3.05) is 6.54 Å². The Morgan fingerprint density at radius 1 is 1.17 bits per heavy atom. The second kappa shape index (κ2) is 6.20. The van der Waals surface area contributed by atoms with Crippen molar-refractivity contribution in [1.29, 1.82) is 0 Å². The SMILES string of the molecule is C[C@@H]1CCC[C@H](C)N1C(=O)CCN1C(=O)c2ccccc2S1(=O)=O. The van der Waals surface area contributed by atoms with Crippen LogP contribution in [0.1, 0.15) is 49.9 Å². The summed E-state index contributed by atoms with van der Waals surface area (Å²) in [5.74, 6) is -0.633. The number of hydrogen-bond acceptors (Lipinski definition) is 4. The predicted octanol–water partition coefficient (Wildman–Crippen LogP) is 2.01. The van der Waals surface area contributed by atoms with Crippen LogP contribution in [0.2, 0.25) is 0 Å². The number of sulfonamides is 1. The van der Waals surface area contributed by atoms with E-state index in [1.54, 1.807) is 12.1 Å². The van der Waals surface area contributed by atoms with Gasteiger partial charge in [-0.3, -0.25) is 9.59 Å². The summed E-state index contributed by atoms with van der Waals surface area (Å²) in [6.07, 6.45) is 3.04. The molecule has 130 valence electrons. The molecule has 3 rings (SSSR count). The number of amides is 2. The minimum atomic E-state index is -3.84. The first-order chi connectivity index (χ1) is 11.3. The Balaban J connectivity index is 1.74. The molecule has 0 radical (unpaired) electrons. The second-order valence-corrected chi connectivity index (χ2v) is 8.39. The lowest BCUT2D eigenvalue weighted by atomic mass is 9.97. The molecule has 1 aromatic rings. The van der Waals surface area contributed by atoms with Gasteiger partial charge in [0.25, 0.3) is 15.9 Å². The number of piperidine rings is 1. The number of likely N-dealkylation sites (tertiary alicyclic amines) is 1. The molecule has 0 aromatic heterocycles. The highest BCUT2D eigenvalue weighted by atomic mass is 32.2. The molecule has 2 aliphatic rings. The van der Waals surface area contributed by atoms with Gasteiger partial charge in [-0.2, -0.15) is 0 Å². The van der Waals surface area contributed by atoms with E-state index in [0.29, 0.717) is 0 Å². The number of rotatable bonds is 3. The first-order valence-corrected chi connectivity index (χ1v) is 9.75. The van der Waals surface area contributed by atoms with Gasteiger partial charge in [0.1, 0.15) is 4.90 Å². The van der Waals surface area contributed by atoms with Crippen LogP contribution in [-0.4, -0.2) is 48.1 Å². The van der Waals surface area contributed by atoms with Crippen LogP contribution >= 0.6 is 0 Å². The molecule has 0 aliphatic carbocycles. The third-order valence-corrected chi connectivity index (χ3v) is 6.76. The summed E-state index contributed by atoms with van der Waals surface area (Å²) in [5, 5.41) is 0. The van der Waals surface area contributed by atoms with Crippen LogP contribution in [-0.2, 0) is 14.8 Å². The van der Waals surface area contributed by atoms with E-state index in [0.717, 1.165) is 23.6 Å². The Morgan fingerprint density at radius 2 is 1.79 bits per heavy atom. The average Bonchev–Trinajstić information content (AvgIpc) is 2.73. The molecule has 0 saturated carbocycles. The third kappa shape index (κ3) is 2.70. The van der Waals surface area contributed by atoms with Crippen LogP contribution in [0.15, 0.2) is 29.2 Å². The molecule has 2 atom stereocenters. The van der Waals surface area contributed by atoms with E-state index in [1.807, 2.05) is 18.7 Å². The van der Waals surface area contributed by atoms with Crippen molar-refractivity contribution in [2.45, 2.75) is 56.5 Å². The van der Waals surface area contributed by atoms with Crippen molar-refractivity contribution in [2.24, 2.45) is 0 Å². The standard InChI is InChI=1S/C17H22N2O4S/c1-12-6-5-7-13(2)19(12)16(20)10-11-18-17(21)14-8-3-4-9-15(14)24(18,22)23/h3-4,8-9,12-13H,5-7,10-11H2,1-2H3/t12-,13+. The van der Waals surface area contributed by atoms with Crippen LogP contribution in [0.25, 0.3) is 0 Å². The van der Waals surface area contributed by atoms with E-state index < -0.39 is 15.9 Å². The van der Waals surface area contributed by atoms with E-state index in [4.69, 9.17) is 0 Å². The fourth-order valence-electron chi connectivity index (χ4n) is 3.69. The molecular formula is C17H22N2O4S. The Labute approximate surface area is 142 Å². The molecule has 2 amide bonds. The van der Waals surface area contributed by atoms with Gasteiger partial charge in [0.05, 0.1) is 5.56 Å². The third-order valence-electron chi connectivity index (χ3n) is 4.92. The van der Waals surface area contributed by atoms with Crippen LogP contribution in [0, 0.1) is 0 Å². The lowest BCUT2D eigenvalue weighted by Gasteiger charge is -2.39. The molecular weight excluding hydrogens is 328 g/mol. The Hall–Kier alpha value is -1.89. The molecule has 2 aliphatic heterocycles. The normalized spacial score (nSPS) is 25.7. The van der Waals surface area contributed by atoms with Crippen LogP contribution < -0.4 is 0 Å². The smallest absolute Gasteiger partial charge is 0.269 e. The molecule has 7 heteroatoms. The van der Waals surface area contributed by atoms with Crippen LogP contribution in [0.3, 0.4) is 0 Å². The van der Waals surface area contributed by atoms with Crippen molar-refractivity contribution >= 4 is 21.8 Å². The maximum atomic E-state index is 12.6. The fourth-order valence-corrected chi connectivity index (χ4v) is 5.26. The Morgan fingerprint density at radius 3 is 2.42 bits per heavy atom. The monoisotopic (exact) mass is 350 g/mol. The molecule has 0 N–H and O–H groups in total. The fraction of sp³-hybridized carbons (Fsp3) is 0.529. The zero-order valence-electron chi connectivity index (χ0n) is 13.9. The van der Waals surface area contributed by atoms with Crippen LogP contribution in [0.5, 0.6) is 0 Å². The maximum Gasteiger partial charge on any atom is 0.269 e. The first-order valence-electron chi connectivity index (χ1n) is 8.31. The highest BCUT2D eigenvalue weighted by Crippen LogP contribution is 2.30. The molecule has 0 unspecified atom stereocenters. The maximum absolute atomic E-state index is 12.6. The van der Waals surface area contributed by atoms with Crippen molar-refractivity contribution in [3.63, 3.8) is 0 Å². The molecule has 2 heterocycles. The van der Waals surface area contributed by atoms with Crippen LogP contribution in [0.4, 0.5) is 0 Å². The molecule has 0 bridgehead atoms. The van der Waals surface area contributed by atoms with Crippen molar-refractivity contribution in [3.8, 4) is 0 Å². The summed E-state index contributed by atoms with van der Waals surface area (Å²) >= 11 is 0. The summed E-state index contributed by atoms with van der Waals surface area (Å²) in [6, 6.07) is 6.48. The van der Waals surface area contributed by atoms with E-state index in [1.165, 1.54) is 12.1 Å². The first kappa shape index (κ1) is 17.0. The number of carbonyl (C=O) groups is 2. The Bertz CT molecular complexity index is 765. The number of benzene rings is 1. The van der Waals surface area contributed by atoms with Gasteiger partial charge in [-0.05, 0) is 45.2 Å². The largest absolute Gasteiger partial charge is 0.337 e. The zero-order chi connectivity index (χ0) is 17.5. The van der Waals surface area contributed by atoms with Crippen molar-refractivity contribution in [1.82, 2.24) is 9.21 Å². The Kier molecular flexibility index (Phi) is 4.38. The molecule has 0 spiro atoms. The summed E-state index contributed by atoms with van der Waals surface area (Å²) < 4.78 is 25.8. The van der Waals surface area contributed by atoms with Gasteiger partial charge in [0.2, 0.25) is 5.91 Å². The van der Waals surface area contributed by atoms with Gasteiger partial charge in [-0.25, -0.2) is 12.7 Å². The average molecular weight is 350 g/mol. The molecule has 1 aromatic carbocycles. The van der Waals surface area contributed by atoms with Crippen molar-refractivity contribution < 1.29 is 18.0 Å². The van der Waals surface area contributed by atoms with E-state index in [2.05, 4.69) is 0 Å². The minimum Gasteiger partial charge on any atom is -0.337 e. The van der Waals surface area contributed by atoms with Gasteiger partial charge >= 0.3 is 0 Å². The second-order valence-electron chi connectivity index (χ2n) is 6.56. The number of carbonyl (C=O) groups excluding carboxylic acids is 2. The van der Waals surface area contributed by atoms with Gasteiger partial charge in [-0.1, -0.05) is 12.1 Å². The van der Waals surface area contributed by atoms with E-state index in [-0.39, 0.29) is 41.4 Å². The summed E-state index contributed by atoms with van der Waals surface area (Å²) in [7, 11) is -3.84. The summed E-state index contributed by atoms with van der Waals surface area (Å²) in [6.45, 7) is 3.92. The quantitative estimate of drug-likeness (QED) is 0.836. The molecule has 1 saturated heterocycles. The predicted molar refractivity (Wildman–Crippen MR) is 88.9 cm³/mol. The lowest BCUT2D eigenvalue weighted by Crippen LogP contribution is -2.48. The summed E-state index contributed by atoms with van der Waals surface area (Å²) in [4.78, 5) is 26.8. The highest BCUT2D eigenvalue weighted by Gasteiger charge is 2.41. The highest BCUT2D eigenvalue weighted by molar-refractivity contribution is 7.90. The molecule has 1 fully saturated rings.